The number of rotatable bonds is 38. The van der Waals surface area contributed by atoms with Gasteiger partial charge in [-0.3, -0.25) is 43.2 Å². The van der Waals surface area contributed by atoms with Gasteiger partial charge >= 0.3 is 0 Å². The van der Waals surface area contributed by atoms with E-state index >= 15 is 0 Å². The minimum atomic E-state index is 0.000789. The Balaban J connectivity index is 0.895. The highest BCUT2D eigenvalue weighted by atomic mass is 32.2. The van der Waals surface area contributed by atoms with E-state index in [1.54, 1.807) is 35.2 Å². The van der Waals surface area contributed by atoms with Gasteiger partial charge in [-0.1, -0.05) is 138 Å². The molecule has 0 radical (unpaired) electrons. The van der Waals surface area contributed by atoms with Gasteiger partial charge in [-0.15, -0.1) is 0 Å². The van der Waals surface area contributed by atoms with E-state index in [0.717, 1.165) is 244 Å². The zero-order chi connectivity index (χ0) is 69.1. The number of amides is 9. The fraction of sp³-hybridized carbons (Fsp3) is 0.870. The molecule has 0 aromatic carbocycles. The molecule has 5 rings (SSSR count). The molecule has 550 valence electrons. The second-order valence-electron chi connectivity index (χ2n) is 27.4. The fourth-order valence-electron chi connectivity index (χ4n) is 15.5. The van der Waals surface area contributed by atoms with Gasteiger partial charge in [0, 0.05) is 112 Å². The van der Waals surface area contributed by atoms with Gasteiger partial charge in [-0.2, -0.15) is 0 Å². The summed E-state index contributed by atoms with van der Waals surface area (Å²) in [6, 6.07) is 0.470. The summed E-state index contributed by atoms with van der Waals surface area (Å²) in [5.74, 6) is 13.5. The van der Waals surface area contributed by atoms with Crippen molar-refractivity contribution in [3.8, 4) is 0 Å². The van der Waals surface area contributed by atoms with Gasteiger partial charge in [0.2, 0.25) is 0 Å². The van der Waals surface area contributed by atoms with Crippen molar-refractivity contribution in [1.29, 1.82) is 0 Å². The van der Waals surface area contributed by atoms with Crippen LogP contribution in [0.15, 0.2) is 0 Å². The summed E-state index contributed by atoms with van der Waals surface area (Å²) in [5, 5.41) is 26.8. The van der Waals surface area contributed by atoms with Crippen LogP contribution in [0.2, 0.25) is 0 Å². The van der Waals surface area contributed by atoms with E-state index in [-0.39, 0.29) is 59.2 Å². The van der Waals surface area contributed by atoms with Crippen LogP contribution in [-0.4, -0.2) is 159 Å². The number of carbonyl (C=O) groups is 9. The van der Waals surface area contributed by atoms with Crippen molar-refractivity contribution >= 4 is 153 Å². The van der Waals surface area contributed by atoms with Gasteiger partial charge in [0.1, 0.15) is 0 Å². The molecule has 5 aliphatic carbocycles. The topological polar surface area (TPSA) is 262 Å². The summed E-state index contributed by atoms with van der Waals surface area (Å²) >= 11 is 12.4. The van der Waals surface area contributed by atoms with Crippen LogP contribution in [-0.2, 0) is 0 Å². The van der Waals surface area contributed by atoms with Crippen molar-refractivity contribution in [3.05, 3.63) is 0 Å². The highest BCUT2D eigenvalue weighted by molar-refractivity contribution is 8.15. The van der Waals surface area contributed by atoms with Gasteiger partial charge in [0.05, 0.1) is 0 Å². The molecule has 9 atom stereocenters. The highest BCUT2D eigenvalue weighted by Gasteiger charge is 2.35. The molecule has 5 fully saturated rings. The summed E-state index contributed by atoms with van der Waals surface area (Å²) < 4.78 is 0. The summed E-state index contributed by atoms with van der Waals surface area (Å²) in [5.41, 5.74) is 0. The molecule has 0 heterocycles. The molecule has 0 saturated heterocycles. The van der Waals surface area contributed by atoms with Crippen LogP contribution in [0.3, 0.4) is 0 Å². The van der Waals surface area contributed by atoms with Gasteiger partial charge in [0.15, 0.2) is 0 Å². The normalized spacial score (nSPS) is 25.9. The lowest BCUT2D eigenvalue weighted by Gasteiger charge is -2.36. The molecule has 0 spiro atoms. The summed E-state index contributed by atoms with van der Waals surface area (Å²) in [6.07, 6.45) is 32.9. The minimum absolute atomic E-state index is 0.000789. The maximum Gasteiger partial charge on any atom is 0.279 e. The van der Waals surface area contributed by atoms with Crippen LogP contribution in [0.1, 0.15) is 199 Å². The molecule has 5 aliphatic rings. The zero-order valence-electron chi connectivity index (χ0n) is 58.6. The molecule has 27 heteroatoms. The third-order valence-corrected chi connectivity index (χ3v) is 28.9. The van der Waals surface area contributed by atoms with E-state index in [9.17, 15) is 43.2 Å². The third-order valence-electron chi connectivity index (χ3n) is 21.0. The molecular weight excluding hydrogens is 1390 g/mol. The third kappa shape index (κ3) is 37.0. The Hall–Kier alpha value is -1.62. The fourth-order valence-corrected chi connectivity index (χ4v) is 22.6. The van der Waals surface area contributed by atoms with Crippen LogP contribution in [0.4, 0.5) is 43.2 Å². The zero-order valence-corrected chi connectivity index (χ0v) is 65.9. The Morgan fingerprint density at radius 1 is 0.260 bits per heavy atom. The largest absolute Gasteiger partial charge is 0.350 e. The number of hydrogen-bond donors (Lipinski definition) is 9. The average molecular weight is 1510 g/mol. The number of nitrogens with one attached hydrogen (secondary N) is 9. The first-order chi connectivity index (χ1) is 46.6. The average Bonchev–Trinajstić information content (AvgIpc) is 1.04. The van der Waals surface area contributed by atoms with Gasteiger partial charge in [-0.25, -0.2) is 0 Å². The maximum atomic E-state index is 13.4. The lowest BCUT2D eigenvalue weighted by Crippen LogP contribution is -2.37. The van der Waals surface area contributed by atoms with Crippen molar-refractivity contribution in [2.24, 2.45) is 65.1 Å². The molecule has 9 unspecified atom stereocenters. The second-order valence-corrected chi connectivity index (χ2v) is 37.0. The number of carbonyl (C=O) groups excluding carboxylic acids is 9. The predicted octanol–water partition coefficient (Wildman–Crippen LogP) is 17.8. The summed E-state index contributed by atoms with van der Waals surface area (Å²) in [7, 11) is 8.36. The molecule has 96 heavy (non-hydrogen) atoms. The van der Waals surface area contributed by atoms with E-state index < -0.39 is 0 Å². The van der Waals surface area contributed by atoms with Crippen molar-refractivity contribution in [2.75, 3.05) is 100 Å². The van der Waals surface area contributed by atoms with E-state index in [2.05, 4.69) is 47.9 Å². The van der Waals surface area contributed by atoms with Crippen molar-refractivity contribution < 1.29 is 43.2 Å². The Bertz CT molecular complexity index is 2290. The van der Waals surface area contributed by atoms with E-state index in [1.807, 2.05) is 0 Å². The molecule has 9 amide bonds. The monoisotopic (exact) mass is 1510 g/mol. The van der Waals surface area contributed by atoms with Crippen LogP contribution < -0.4 is 47.9 Å². The maximum absolute atomic E-state index is 13.4. The summed E-state index contributed by atoms with van der Waals surface area (Å²) in [6.45, 7) is 1.30. The van der Waals surface area contributed by atoms with Gasteiger partial charge in [0.25, 0.3) is 47.2 Å². The van der Waals surface area contributed by atoms with Crippen molar-refractivity contribution in [3.63, 3.8) is 0 Å². The predicted molar refractivity (Wildman–Crippen MR) is 417 cm³/mol. The minimum Gasteiger partial charge on any atom is -0.350 e. The lowest BCUT2D eigenvalue weighted by molar-refractivity contribution is 0.169. The van der Waals surface area contributed by atoms with Crippen molar-refractivity contribution in [2.45, 2.75) is 211 Å². The van der Waals surface area contributed by atoms with E-state index in [4.69, 9.17) is 0 Å². The Morgan fingerprint density at radius 3 is 0.781 bits per heavy atom. The molecular formula is C69H121N9O9S9. The first kappa shape index (κ1) is 85.0. The quantitative estimate of drug-likeness (QED) is 0.0260. The van der Waals surface area contributed by atoms with Gasteiger partial charge in [-0.05, 0) is 232 Å². The lowest BCUT2D eigenvalue weighted by atomic mass is 9.71. The first-order valence-corrected chi connectivity index (χ1v) is 45.3. The first-order valence-electron chi connectivity index (χ1n) is 36.5. The van der Waals surface area contributed by atoms with Crippen molar-refractivity contribution in [1.82, 2.24) is 47.9 Å². The smallest absolute Gasteiger partial charge is 0.279 e. The molecule has 0 bridgehead atoms. The molecule has 5 saturated carbocycles. The number of thioether (sulfide) groups is 9. The van der Waals surface area contributed by atoms with E-state index in [1.165, 1.54) is 112 Å². The standard InChI is InChI=1S/C69H121N9O9S9/c1-70-61(79)88-35-24-50-10-17-54(28-39-91-64(82)73-4)57(45-50)31-42-95-68(86)77-59-20-13-48(14-21-59)44-49-15-22-60(23-16-49)78-69(87)96-43-32-58-46-51(25-36-89-62(80)71-2)11-19-55(58)29-40-94-67(85)76-34-9-7-6-8-33-75-66(84)93-37-26-52-12-18-53(27-38-90-63(81)72-3)56(47-52)30-41-92-65(83)74-5/h48-60H,6-47H2,1-5H3,(H,70,79)(H,71,80)(H,72,81)(H,73,82)(H,74,83)(H,75,84)(H,76,85)(H,77,86)(H,78,87). The molecule has 0 aromatic heterocycles. The van der Waals surface area contributed by atoms with E-state index in [0.29, 0.717) is 78.2 Å². The Kier molecular flexibility index (Phi) is 45.6. The summed E-state index contributed by atoms with van der Waals surface area (Å²) in [4.78, 5) is 112. The van der Waals surface area contributed by atoms with Crippen LogP contribution in [0.25, 0.3) is 0 Å². The Labute approximate surface area is 615 Å². The highest BCUT2D eigenvalue weighted by Crippen LogP contribution is 2.44. The molecule has 0 aliphatic heterocycles. The number of unbranched alkanes of at least 4 members (excludes halogenated alkanes) is 3. The number of hydrogen-bond acceptors (Lipinski definition) is 18. The second kappa shape index (κ2) is 51.5. The van der Waals surface area contributed by atoms with Crippen LogP contribution in [0, 0.1) is 65.1 Å². The SMILES string of the molecule is CNC(=O)SCCC1CCC(CCSC(=O)NC)C(CCSC(=O)NC2CCC(CC3CCC(NC(=O)SCCC4CC(CCSC(=O)NC)CCC4CCSC(=O)NCCCCCCNC(=O)SCCC4CCC(CCSC(=O)NC)C(CCSC(=O)NC)C4)CC3)CC2)C1. The van der Waals surface area contributed by atoms with Crippen LogP contribution >= 0.6 is 106 Å². The van der Waals surface area contributed by atoms with Crippen LogP contribution in [0.5, 0.6) is 0 Å². The Morgan fingerprint density at radius 2 is 0.500 bits per heavy atom. The molecule has 0 aromatic rings. The molecule has 9 N–H and O–H groups in total. The van der Waals surface area contributed by atoms with Gasteiger partial charge < -0.3 is 47.9 Å². The molecule has 18 nitrogen and oxygen atoms in total.